The van der Waals surface area contributed by atoms with E-state index in [0.29, 0.717) is 19.0 Å². The molecular formula is C13H14F3N3O3. The molecule has 1 aromatic carbocycles. The molecular weight excluding hydrogens is 303 g/mol. The van der Waals surface area contributed by atoms with Crippen LogP contribution in [-0.2, 0) is 11.0 Å². The highest BCUT2D eigenvalue weighted by Crippen LogP contribution is 2.35. The van der Waals surface area contributed by atoms with Crippen molar-refractivity contribution in [3.8, 4) is 0 Å². The predicted octanol–water partition coefficient (Wildman–Crippen LogP) is 2.65. The van der Waals surface area contributed by atoms with Crippen molar-refractivity contribution in [3.63, 3.8) is 0 Å². The monoisotopic (exact) mass is 317 g/mol. The van der Waals surface area contributed by atoms with Crippen molar-refractivity contribution in [1.82, 2.24) is 4.90 Å². The second-order valence-electron chi connectivity index (χ2n) is 5.14. The number of amides is 1. The molecule has 1 fully saturated rings. The molecule has 1 aromatic rings. The number of benzene rings is 1. The van der Waals surface area contributed by atoms with E-state index in [1.54, 1.807) is 11.9 Å². The van der Waals surface area contributed by atoms with Gasteiger partial charge in [0, 0.05) is 32.1 Å². The molecule has 0 aromatic heterocycles. The summed E-state index contributed by atoms with van der Waals surface area (Å²) in [5.41, 5.74) is -1.74. The normalized spacial score (nSPS) is 19.2. The average Bonchev–Trinajstić information content (AvgIpc) is 2.42. The van der Waals surface area contributed by atoms with E-state index in [-0.39, 0.29) is 24.1 Å². The van der Waals surface area contributed by atoms with Crippen molar-refractivity contribution in [3.05, 3.63) is 33.9 Å². The molecule has 1 amide bonds. The molecule has 0 spiro atoms. The summed E-state index contributed by atoms with van der Waals surface area (Å²) in [4.78, 5) is 23.3. The van der Waals surface area contributed by atoms with E-state index >= 15 is 0 Å². The molecule has 0 radical (unpaired) electrons. The lowest BCUT2D eigenvalue weighted by molar-refractivity contribution is -0.384. The van der Waals surface area contributed by atoms with E-state index in [1.165, 1.54) is 0 Å². The summed E-state index contributed by atoms with van der Waals surface area (Å²) in [5.74, 6) is -0.113. The van der Waals surface area contributed by atoms with Crippen LogP contribution in [0.4, 0.5) is 24.5 Å². The minimum Gasteiger partial charge on any atom is -0.376 e. The number of nitro benzene ring substituents is 1. The van der Waals surface area contributed by atoms with Crippen LogP contribution in [0.2, 0.25) is 0 Å². The number of carbonyl (C=O) groups is 1. The summed E-state index contributed by atoms with van der Waals surface area (Å²) in [6, 6.07) is 1.98. The van der Waals surface area contributed by atoms with Gasteiger partial charge in [0.2, 0.25) is 5.91 Å². The Bertz CT molecular complexity index is 604. The zero-order valence-corrected chi connectivity index (χ0v) is 11.7. The Labute approximate surface area is 124 Å². The molecule has 1 atom stereocenters. The van der Waals surface area contributed by atoms with Crippen LogP contribution in [0.25, 0.3) is 0 Å². The third kappa shape index (κ3) is 3.46. The lowest BCUT2D eigenvalue weighted by Gasteiger charge is -2.29. The van der Waals surface area contributed by atoms with Crippen LogP contribution >= 0.6 is 0 Å². The SMILES string of the molecule is CN1CCC(Nc2ccc(C(F)(F)F)cc2[N+](=O)[O-])CC1=O. The Morgan fingerprint density at radius 1 is 1.41 bits per heavy atom. The largest absolute Gasteiger partial charge is 0.416 e. The molecule has 0 bridgehead atoms. The molecule has 1 heterocycles. The van der Waals surface area contributed by atoms with E-state index in [4.69, 9.17) is 0 Å². The molecule has 22 heavy (non-hydrogen) atoms. The maximum absolute atomic E-state index is 12.6. The zero-order valence-electron chi connectivity index (χ0n) is 11.7. The summed E-state index contributed by atoms with van der Waals surface area (Å²) in [6.45, 7) is 0.491. The van der Waals surface area contributed by atoms with Gasteiger partial charge in [0.1, 0.15) is 5.69 Å². The molecule has 0 aliphatic carbocycles. The average molecular weight is 317 g/mol. The van der Waals surface area contributed by atoms with Crippen LogP contribution in [0.15, 0.2) is 18.2 Å². The van der Waals surface area contributed by atoms with Crippen LogP contribution < -0.4 is 5.32 Å². The fourth-order valence-corrected chi connectivity index (χ4v) is 2.27. The minimum atomic E-state index is -4.65. The second-order valence-corrected chi connectivity index (χ2v) is 5.14. The van der Waals surface area contributed by atoms with Crippen molar-refractivity contribution < 1.29 is 22.9 Å². The van der Waals surface area contributed by atoms with Crippen LogP contribution in [0.5, 0.6) is 0 Å². The number of anilines is 1. The number of piperidine rings is 1. The first kappa shape index (κ1) is 16.1. The summed E-state index contributed by atoms with van der Waals surface area (Å²) in [6.07, 6.45) is -3.93. The highest BCUT2D eigenvalue weighted by atomic mass is 19.4. The van der Waals surface area contributed by atoms with Gasteiger partial charge >= 0.3 is 6.18 Å². The molecule has 1 aliphatic rings. The highest BCUT2D eigenvalue weighted by Gasteiger charge is 2.33. The summed E-state index contributed by atoms with van der Waals surface area (Å²) in [7, 11) is 1.65. The second kappa shape index (κ2) is 5.82. The smallest absolute Gasteiger partial charge is 0.376 e. The van der Waals surface area contributed by atoms with Gasteiger partial charge in [-0.25, -0.2) is 0 Å². The third-order valence-corrected chi connectivity index (χ3v) is 3.54. The number of hydrogen-bond acceptors (Lipinski definition) is 4. The van der Waals surface area contributed by atoms with Gasteiger partial charge in [-0.3, -0.25) is 14.9 Å². The molecule has 1 saturated heterocycles. The Morgan fingerprint density at radius 2 is 2.09 bits per heavy atom. The van der Waals surface area contributed by atoms with Gasteiger partial charge in [0.25, 0.3) is 5.69 Å². The number of hydrogen-bond donors (Lipinski definition) is 1. The van der Waals surface area contributed by atoms with Crippen LogP contribution in [0, 0.1) is 10.1 Å². The van der Waals surface area contributed by atoms with Gasteiger partial charge in [-0.05, 0) is 18.6 Å². The maximum Gasteiger partial charge on any atom is 0.416 e. The molecule has 2 rings (SSSR count). The van der Waals surface area contributed by atoms with Gasteiger partial charge in [-0.1, -0.05) is 0 Å². The summed E-state index contributed by atoms with van der Waals surface area (Å²) >= 11 is 0. The number of halogens is 3. The first-order chi connectivity index (χ1) is 10.2. The number of likely N-dealkylation sites (tertiary alicyclic amines) is 1. The molecule has 9 heteroatoms. The molecule has 120 valence electrons. The standard InChI is InChI=1S/C13H14F3N3O3/c1-18-5-4-9(7-12(18)20)17-10-3-2-8(13(14,15)16)6-11(10)19(21)22/h2-3,6,9,17H,4-5,7H2,1H3. The molecule has 1 unspecified atom stereocenters. The number of carbonyl (C=O) groups excluding carboxylic acids is 1. The topological polar surface area (TPSA) is 75.5 Å². The number of nitrogens with one attached hydrogen (secondary N) is 1. The number of nitrogens with zero attached hydrogens (tertiary/aromatic N) is 2. The maximum atomic E-state index is 12.6. The fraction of sp³-hybridized carbons (Fsp3) is 0.462. The van der Waals surface area contributed by atoms with Gasteiger partial charge < -0.3 is 10.2 Å². The predicted molar refractivity (Wildman–Crippen MR) is 72.4 cm³/mol. The number of nitro groups is 1. The van der Waals surface area contributed by atoms with E-state index in [1.807, 2.05) is 0 Å². The van der Waals surface area contributed by atoms with Gasteiger partial charge in [0.15, 0.2) is 0 Å². The van der Waals surface area contributed by atoms with Crippen molar-refractivity contribution in [2.24, 2.45) is 0 Å². The van der Waals surface area contributed by atoms with E-state index < -0.39 is 22.4 Å². The van der Waals surface area contributed by atoms with Crippen LogP contribution in [0.3, 0.4) is 0 Å². The highest BCUT2D eigenvalue weighted by molar-refractivity contribution is 5.78. The van der Waals surface area contributed by atoms with E-state index in [2.05, 4.69) is 5.32 Å². The van der Waals surface area contributed by atoms with E-state index in [9.17, 15) is 28.1 Å². The van der Waals surface area contributed by atoms with Gasteiger partial charge in [0.05, 0.1) is 10.5 Å². The Morgan fingerprint density at radius 3 is 2.64 bits per heavy atom. The number of rotatable bonds is 3. The van der Waals surface area contributed by atoms with Crippen LogP contribution in [0.1, 0.15) is 18.4 Å². The van der Waals surface area contributed by atoms with Crippen molar-refractivity contribution in [1.29, 1.82) is 0 Å². The molecule has 0 saturated carbocycles. The zero-order chi connectivity index (χ0) is 16.5. The van der Waals surface area contributed by atoms with Gasteiger partial charge in [-0.15, -0.1) is 0 Å². The van der Waals surface area contributed by atoms with Crippen molar-refractivity contribution in [2.75, 3.05) is 18.9 Å². The Hall–Kier alpha value is -2.32. The Kier molecular flexibility index (Phi) is 4.25. The molecule has 1 aliphatic heterocycles. The van der Waals surface area contributed by atoms with Crippen molar-refractivity contribution in [2.45, 2.75) is 25.1 Å². The minimum absolute atomic E-state index is 0.0136. The summed E-state index contributed by atoms with van der Waals surface area (Å²) < 4.78 is 37.9. The van der Waals surface area contributed by atoms with Gasteiger partial charge in [-0.2, -0.15) is 13.2 Å². The lowest BCUT2D eigenvalue weighted by Crippen LogP contribution is -2.41. The first-order valence-corrected chi connectivity index (χ1v) is 6.54. The van der Waals surface area contributed by atoms with E-state index in [0.717, 1.165) is 12.1 Å². The quantitative estimate of drug-likeness (QED) is 0.687. The van der Waals surface area contributed by atoms with Crippen molar-refractivity contribution >= 4 is 17.3 Å². The first-order valence-electron chi connectivity index (χ1n) is 6.54. The Balaban J connectivity index is 2.24. The third-order valence-electron chi connectivity index (χ3n) is 3.54. The number of alkyl halides is 3. The molecule has 1 N–H and O–H groups in total. The molecule has 6 nitrogen and oxygen atoms in total. The fourth-order valence-electron chi connectivity index (χ4n) is 2.27. The van der Waals surface area contributed by atoms with Crippen LogP contribution in [-0.4, -0.2) is 35.4 Å². The lowest BCUT2D eigenvalue weighted by atomic mass is 10.0. The summed E-state index contributed by atoms with van der Waals surface area (Å²) in [5, 5.41) is 13.8.